The number of rotatable bonds is 5. The molecule has 1 N–H and O–H groups in total. The highest BCUT2D eigenvalue weighted by Gasteiger charge is 2.18. The van der Waals surface area contributed by atoms with Crippen molar-refractivity contribution in [1.82, 2.24) is 0 Å². The van der Waals surface area contributed by atoms with Crippen LogP contribution in [0.15, 0.2) is 30.3 Å². The molecule has 5 heteroatoms. The third-order valence-electron chi connectivity index (χ3n) is 4.35. The van der Waals surface area contributed by atoms with Crippen molar-refractivity contribution < 1.29 is 19.1 Å². The first-order chi connectivity index (χ1) is 12.2. The summed E-state index contributed by atoms with van der Waals surface area (Å²) < 4.78 is 10.6. The first-order valence-corrected chi connectivity index (χ1v) is 8.47. The lowest BCUT2D eigenvalue weighted by atomic mass is 10.1. The van der Waals surface area contributed by atoms with Crippen molar-refractivity contribution in [2.45, 2.75) is 40.7 Å². The largest absolute Gasteiger partial charge is 0.481 e. The van der Waals surface area contributed by atoms with Gasteiger partial charge in [0.15, 0.2) is 6.10 Å². The normalized spacial score (nSPS) is 11.6. The van der Waals surface area contributed by atoms with Crippen LogP contribution in [-0.4, -0.2) is 25.1 Å². The van der Waals surface area contributed by atoms with E-state index in [-0.39, 0.29) is 5.91 Å². The van der Waals surface area contributed by atoms with E-state index >= 15 is 0 Å². The maximum Gasteiger partial charge on any atom is 0.337 e. The molecular formula is C21H25NO4. The highest BCUT2D eigenvalue weighted by Crippen LogP contribution is 2.25. The van der Waals surface area contributed by atoms with Gasteiger partial charge in [0.2, 0.25) is 0 Å². The van der Waals surface area contributed by atoms with E-state index in [1.807, 2.05) is 33.8 Å². The molecule has 0 spiro atoms. The summed E-state index contributed by atoms with van der Waals surface area (Å²) in [6.45, 7) is 9.54. The number of nitrogens with one attached hydrogen (secondary N) is 1. The molecule has 138 valence electrons. The van der Waals surface area contributed by atoms with Gasteiger partial charge in [-0.25, -0.2) is 4.79 Å². The van der Waals surface area contributed by atoms with Crippen LogP contribution in [0.1, 0.15) is 39.5 Å². The minimum atomic E-state index is -0.684. The van der Waals surface area contributed by atoms with Gasteiger partial charge in [-0.1, -0.05) is 12.1 Å². The number of aryl methyl sites for hydroxylation is 3. The lowest BCUT2D eigenvalue weighted by Gasteiger charge is -2.18. The number of hydrogen-bond acceptors (Lipinski definition) is 4. The second-order valence-corrected chi connectivity index (χ2v) is 6.48. The van der Waals surface area contributed by atoms with Crippen LogP contribution in [0, 0.1) is 27.7 Å². The summed E-state index contributed by atoms with van der Waals surface area (Å²) in [5.41, 5.74) is 5.00. The van der Waals surface area contributed by atoms with Crippen LogP contribution >= 0.6 is 0 Å². The predicted molar refractivity (Wildman–Crippen MR) is 102 cm³/mol. The van der Waals surface area contributed by atoms with Crippen molar-refractivity contribution >= 4 is 17.6 Å². The number of hydrogen-bond donors (Lipinski definition) is 1. The second kappa shape index (κ2) is 8.04. The van der Waals surface area contributed by atoms with Crippen LogP contribution in [0.4, 0.5) is 5.69 Å². The van der Waals surface area contributed by atoms with Gasteiger partial charge in [0.25, 0.3) is 5.91 Å². The monoisotopic (exact) mass is 355 g/mol. The van der Waals surface area contributed by atoms with Crippen molar-refractivity contribution in [2.24, 2.45) is 0 Å². The molecule has 5 nitrogen and oxygen atoms in total. The number of methoxy groups -OCH3 is 1. The molecule has 1 atom stereocenters. The van der Waals surface area contributed by atoms with Gasteiger partial charge in [-0.05, 0) is 75.1 Å². The lowest BCUT2D eigenvalue weighted by molar-refractivity contribution is -0.122. The van der Waals surface area contributed by atoms with E-state index in [1.54, 1.807) is 25.1 Å². The molecule has 0 saturated carbocycles. The van der Waals surface area contributed by atoms with Gasteiger partial charge in [0.05, 0.1) is 12.7 Å². The minimum Gasteiger partial charge on any atom is -0.481 e. The SMILES string of the molecule is COC(=O)c1ccc(C)c(NC(=O)C(C)Oc2cc(C)cc(C)c2C)c1. The molecular weight excluding hydrogens is 330 g/mol. The topological polar surface area (TPSA) is 64.6 Å². The van der Waals surface area contributed by atoms with Crippen molar-refractivity contribution in [3.05, 3.63) is 58.1 Å². The fraction of sp³-hybridized carbons (Fsp3) is 0.333. The molecule has 0 aliphatic carbocycles. The molecule has 0 saturated heterocycles. The number of carbonyl (C=O) groups is 2. The Hall–Kier alpha value is -2.82. The van der Waals surface area contributed by atoms with Crippen LogP contribution in [-0.2, 0) is 9.53 Å². The summed E-state index contributed by atoms with van der Waals surface area (Å²) in [5.74, 6) is -0.0329. The fourth-order valence-electron chi connectivity index (χ4n) is 2.60. The van der Waals surface area contributed by atoms with Crippen LogP contribution < -0.4 is 10.1 Å². The number of anilines is 1. The molecule has 0 radical (unpaired) electrons. The van der Waals surface area contributed by atoms with Gasteiger partial charge in [-0.15, -0.1) is 0 Å². The summed E-state index contributed by atoms with van der Waals surface area (Å²) >= 11 is 0. The molecule has 2 rings (SSSR count). The quantitative estimate of drug-likeness (QED) is 0.820. The van der Waals surface area contributed by atoms with Gasteiger partial charge in [-0.3, -0.25) is 4.79 Å². The van der Waals surface area contributed by atoms with Gasteiger partial charge >= 0.3 is 5.97 Å². The van der Waals surface area contributed by atoms with Gasteiger partial charge < -0.3 is 14.8 Å². The summed E-state index contributed by atoms with van der Waals surface area (Å²) in [5, 5.41) is 2.83. The first-order valence-electron chi connectivity index (χ1n) is 8.47. The molecule has 0 aromatic heterocycles. The fourth-order valence-corrected chi connectivity index (χ4v) is 2.60. The van der Waals surface area contributed by atoms with E-state index < -0.39 is 12.1 Å². The number of amides is 1. The Balaban J connectivity index is 2.16. The Kier molecular flexibility index (Phi) is 6.03. The highest BCUT2D eigenvalue weighted by atomic mass is 16.5. The van der Waals surface area contributed by atoms with E-state index in [2.05, 4.69) is 11.4 Å². The van der Waals surface area contributed by atoms with Crippen molar-refractivity contribution in [3.8, 4) is 5.75 Å². The second-order valence-electron chi connectivity index (χ2n) is 6.48. The molecule has 26 heavy (non-hydrogen) atoms. The molecule has 0 heterocycles. The summed E-state index contributed by atoms with van der Waals surface area (Å²) in [7, 11) is 1.32. The van der Waals surface area contributed by atoms with Crippen LogP contribution in [0.2, 0.25) is 0 Å². The molecule has 1 unspecified atom stereocenters. The lowest BCUT2D eigenvalue weighted by Crippen LogP contribution is -2.30. The number of carbonyl (C=O) groups excluding carboxylic acids is 2. The van der Waals surface area contributed by atoms with Crippen molar-refractivity contribution in [1.29, 1.82) is 0 Å². The summed E-state index contributed by atoms with van der Waals surface area (Å²) in [4.78, 5) is 24.2. The zero-order chi connectivity index (χ0) is 19.4. The molecule has 0 aliphatic rings. The zero-order valence-corrected chi connectivity index (χ0v) is 16.1. The predicted octanol–water partition coefficient (Wildman–Crippen LogP) is 4.11. The Morgan fingerprint density at radius 2 is 1.69 bits per heavy atom. The van der Waals surface area contributed by atoms with Crippen LogP contribution in [0.5, 0.6) is 5.75 Å². The van der Waals surface area contributed by atoms with E-state index in [9.17, 15) is 9.59 Å². The van der Waals surface area contributed by atoms with Gasteiger partial charge in [0.1, 0.15) is 5.75 Å². The third-order valence-corrected chi connectivity index (χ3v) is 4.35. The smallest absolute Gasteiger partial charge is 0.337 e. The number of ether oxygens (including phenoxy) is 2. The average Bonchev–Trinajstić information content (AvgIpc) is 2.60. The number of esters is 1. The number of benzene rings is 2. The van der Waals surface area contributed by atoms with E-state index in [1.165, 1.54) is 7.11 Å². The maximum absolute atomic E-state index is 12.5. The van der Waals surface area contributed by atoms with Crippen LogP contribution in [0.3, 0.4) is 0 Å². The highest BCUT2D eigenvalue weighted by molar-refractivity contribution is 5.97. The molecule has 1 amide bonds. The molecule has 0 fully saturated rings. The molecule has 0 bridgehead atoms. The maximum atomic E-state index is 12.5. The molecule has 2 aromatic carbocycles. The summed E-state index contributed by atoms with van der Waals surface area (Å²) in [6.07, 6.45) is -0.684. The Bertz CT molecular complexity index is 842. The standard InChI is InChI=1S/C21H25NO4/c1-12-9-14(3)15(4)19(10-12)26-16(5)20(23)22-18-11-17(21(24)25-6)8-7-13(18)2/h7-11,16H,1-6H3,(H,22,23). The first kappa shape index (κ1) is 19.5. The zero-order valence-electron chi connectivity index (χ0n) is 16.1. The van der Waals surface area contributed by atoms with Crippen molar-refractivity contribution in [3.63, 3.8) is 0 Å². The Labute approximate surface area is 154 Å². The van der Waals surface area contributed by atoms with Crippen LogP contribution in [0.25, 0.3) is 0 Å². The molecule has 2 aromatic rings. The average molecular weight is 355 g/mol. The Morgan fingerprint density at radius 3 is 2.35 bits per heavy atom. The third kappa shape index (κ3) is 4.42. The van der Waals surface area contributed by atoms with Gasteiger partial charge in [-0.2, -0.15) is 0 Å². The van der Waals surface area contributed by atoms with E-state index in [0.29, 0.717) is 17.0 Å². The Morgan fingerprint density at radius 1 is 1.00 bits per heavy atom. The molecule has 0 aliphatic heterocycles. The summed E-state index contributed by atoms with van der Waals surface area (Å²) in [6, 6.07) is 9.04. The minimum absolute atomic E-state index is 0.284. The van der Waals surface area contributed by atoms with E-state index in [0.717, 1.165) is 22.3 Å². The van der Waals surface area contributed by atoms with E-state index in [4.69, 9.17) is 9.47 Å². The van der Waals surface area contributed by atoms with Crippen molar-refractivity contribution in [2.75, 3.05) is 12.4 Å². The van der Waals surface area contributed by atoms with Gasteiger partial charge in [0, 0.05) is 5.69 Å².